The van der Waals surface area contributed by atoms with Crippen LogP contribution in [0.25, 0.3) is 0 Å². The summed E-state index contributed by atoms with van der Waals surface area (Å²) in [5, 5.41) is 8.63. The molecular weight excluding hydrogens is 247 g/mol. The maximum Gasteiger partial charge on any atom is 0.417 e. The SMILES string of the molecule is COCC(C)Oc1ccc(C#N)c(C(F)(F)F)c1. The average molecular weight is 259 g/mol. The Labute approximate surface area is 103 Å². The zero-order valence-corrected chi connectivity index (χ0v) is 9.91. The van der Waals surface area contributed by atoms with E-state index in [9.17, 15) is 13.2 Å². The molecule has 0 saturated heterocycles. The van der Waals surface area contributed by atoms with Crippen molar-refractivity contribution in [3.63, 3.8) is 0 Å². The van der Waals surface area contributed by atoms with Crippen molar-refractivity contribution in [2.45, 2.75) is 19.2 Å². The molecule has 0 aliphatic heterocycles. The highest BCUT2D eigenvalue weighted by Gasteiger charge is 2.34. The topological polar surface area (TPSA) is 42.2 Å². The fraction of sp³-hybridized carbons (Fsp3) is 0.417. The van der Waals surface area contributed by atoms with Crippen LogP contribution in [0.1, 0.15) is 18.1 Å². The quantitative estimate of drug-likeness (QED) is 0.834. The molecule has 0 fully saturated rings. The maximum absolute atomic E-state index is 12.7. The van der Waals surface area contributed by atoms with E-state index in [2.05, 4.69) is 0 Å². The van der Waals surface area contributed by atoms with E-state index in [1.165, 1.54) is 19.2 Å². The standard InChI is InChI=1S/C12H12F3NO2/c1-8(7-17-2)18-10-4-3-9(6-16)11(5-10)12(13,14)15/h3-5,8H,7H2,1-2H3. The smallest absolute Gasteiger partial charge is 0.417 e. The number of ether oxygens (including phenoxy) is 2. The van der Waals surface area contributed by atoms with Gasteiger partial charge >= 0.3 is 6.18 Å². The first-order valence-corrected chi connectivity index (χ1v) is 5.15. The molecule has 0 amide bonds. The van der Waals surface area contributed by atoms with Gasteiger partial charge in [0.1, 0.15) is 11.9 Å². The summed E-state index contributed by atoms with van der Waals surface area (Å²) in [4.78, 5) is 0. The van der Waals surface area contributed by atoms with Crippen LogP contribution in [0.5, 0.6) is 5.75 Å². The molecule has 0 saturated carbocycles. The molecule has 1 aromatic rings. The van der Waals surface area contributed by atoms with Crippen LogP contribution in [0.4, 0.5) is 13.2 Å². The third kappa shape index (κ3) is 3.64. The molecule has 0 heterocycles. The van der Waals surface area contributed by atoms with Crippen molar-refractivity contribution in [2.75, 3.05) is 13.7 Å². The van der Waals surface area contributed by atoms with E-state index in [1.807, 2.05) is 0 Å². The van der Waals surface area contributed by atoms with Crippen molar-refractivity contribution in [3.05, 3.63) is 29.3 Å². The average Bonchev–Trinajstić information content (AvgIpc) is 2.28. The molecule has 0 spiro atoms. The van der Waals surface area contributed by atoms with Crippen LogP contribution in [0.3, 0.4) is 0 Å². The molecule has 1 rings (SSSR count). The van der Waals surface area contributed by atoms with Gasteiger partial charge in [-0.05, 0) is 25.1 Å². The van der Waals surface area contributed by atoms with Crippen LogP contribution in [0.2, 0.25) is 0 Å². The first-order valence-electron chi connectivity index (χ1n) is 5.15. The predicted octanol–water partition coefficient (Wildman–Crippen LogP) is 2.99. The molecule has 0 N–H and O–H groups in total. The van der Waals surface area contributed by atoms with E-state index in [0.717, 1.165) is 12.1 Å². The summed E-state index contributed by atoms with van der Waals surface area (Å²) in [7, 11) is 1.47. The van der Waals surface area contributed by atoms with Gasteiger partial charge in [-0.1, -0.05) is 0 Å². The van der Waals surface area contributed by atoms with E-state index in [1.54, 1.807) is 6.92 Å². The van der Waals surface area contributed by atoms with Gasteiger partial charge in [-0.15, -0.1) is 0 Å². The molecule has 1 aromatic carbocycles. The fourth-order valence-corrected chi connectivity index (χ4v) is 1.43. The van der Waals surface area contributed by atoms with Gasteiger partial charge in [0, 0.05) is 7.11 Å². The van der Waals surface area contributed by atoms with Crippen molar-refractivity contribution in [3.8, 4) is 11.8 Å². The fourth-order valence-electron chi connectivity index (χ4n) is 1.43. The Morgan fingerprint density at radius 3 is 2.56 bits per heavy atom. The molecule has 1 unspecified atom stereocenters. The normalized spacial score (nSPS) is 12.9. The zero-order chi connectivity index (χ0) is 13.8. The number of hydrogen-bond donors (Lipinski definition) is 0. The summed E-state index contributed by atoms with van der Waals surface area (Å²) in [6.07, 6.45) is -4.95. The van der Waals surface area contributed by atoms with Crippen molar-refractivity contribution in [1.29, 1.82) is 5.26 Å². The van der Waals surface area contributed by atoms with Crippen molar-refractivity contribution < 1.29 is 22.6 Å². The number of benzene rings is 1. The Morgan fingerprint density at radius 2 is 2.06 bits per heavy atom. The lowest BCUT2D eigenvalue weighted by Crippen LogP contribution is -2.18. The Kier molecular flexibility index (Phi) is 4.56. The number of rotatable bonds is 4. The lowest BCUT2D eigenvalue weighted by atomic mass is 10.1. The first kappa shape index (κ1) is 14.3. The molecule has 0 aliphatic rings. The molecule has 3 nitrogen and oxygen atoms in total. The maximum atomic E-state index is 12.7. The number of alkyl halides is 3. The first-order chi connectivity index (χ1) is 8.38. The highest BCUT2D eigenvalue weighted by molar-refractivity contribution is 5.44. The van der Waals surface area contributed by atoms with Gasteiger partial charge in [-0.3, -0.25) is 0 Å². The summed E-state index contributed by atoms with van der Waals surface area (Å²) < 4.78 is 48.1. The number of methoxy groups -OCH3 is 1. The molecule has 1 atom stereocenters. The number of nitrogens with zero attached hydrogens (tertiary/aromatic N) is 1. The monoisotopic (exact) mass is 259 g/mol. The van der Waals surface area contributed by atoms with Gasteiger partial charge in [-0.25, -0.2) is 0 Å². The van der Waals surface area contributed by atoms with Crippen LogP contribution < -0.4 is 4.74 Å². The molecule has 0 radical (unpaired) electrons. The highest BCUT2D eigenvalue weighted by atomic mass is 19.4. The Hall–Kier alpha value is -1.74. The van der Waals surface area contributed by atoms with Gasteiger partial charge in [0.25, 0.3) is 0 Å². The van der Waals surface area contributed by atoms with Crippen LogP contribution in [-0.2, 0) is 10.9 Å². The molecule has 6 heteroatoms. The van der Waals surface area contributed by atoms with E-state index in [0.29, 0.717) is 0 Å². The minimum absolute atomic E-state index is 0.0610. The molecule has 0 aliphatic carbocycles. The minimum Gasteiger partial charge on any atom is -0.488 e. The van der Waals surface area contributed by atoms with E-state index in [-0.39, 0.29) is 18.5 Å². The minimum atomic E-state index is -4.57. The largest absolute Gasteiger partial charge is 0.488 e. The molecule has 18 heavy (non-hydrogen) atoms. The predicted molar refractivity (Wildman–Crippen MR) is 58.1 cm³/mol. The summed E-state index contributed by atoms with van der Waals surface area (Å²) in [5.41, 5.74) is -1.42. The lowest BCUT2D eigenvalue weighted by Gasteiger charge is -2.16. The van der Waals surface area contributed by atoms with Crippen molar-refractivity contribution in [2.24, 2.45) is 0 Å². The van der Waals surface area contributed by atoms with Gasteiger partial charge < -0.3 is 9.47 Å². The number of hydrogen-bond acceptors (Lipinski definition) is 3. The van der Waals surface area contributed by atoms with Gasteiger partial charge in [0.05, 0.1) is 23.8 Å². The van der Waals surface area contributed by atoms with E-state index < -0.39 is 17.3 Å². The number of halogens is 3. The van der Waals surface area contributed by atoms with Crippen LogP contribution in [-0.4, -0.2) is 19.8 Å². The summed E-state index contributed by atoms with van der Waals surface area (Å²) in [6.45, 7) is 1.94. The number of nitriles is 1. The second-order valence-electron chi connectivity index (χ2n) is 3.70. The summed E-state index contributed by atoms with van der Waals surface area (Å²) in [6, 6.07) is 4.76. The van der Waals surface area contributed by atoms with Crippen LogP contribution in [0.15, 0.2) is 18.2 Å². The third-order valence-electron chi connectivity index (χ3n) is 2.16. The van der Waals surface area contributed by atoms with Crippen molar-refractivity contribution >= 4 is 0 Å². The second-order valence-corrected chi connectivity index (χ2v) is 3.70. The van der Waals surface area contributed by atoms with Gasteiger partial charge in [0.2, 0.25) is 0 Å². The highest BCUT2D eigenvalue weighted by Crippen LogP contribution is 2.34. The molecular formula is C12H12F3NO2. The molecule has 98 valence electrons. The van der Waals surface area contributed by atoms with Crippen LogP contribution in [0, 0.1) is 11.3 Å². The Bertz CT molecular complexity index is 452. The van der Waals surface area contributed by atoms with Crippen molar-refractivity contribution in [1.82, 2.24) is 0 Å². The summed E-state index contributed by atoms with van der Waals surface area (Å²) in [5.74, 6) is 0.0610. The lowest BCUT2D eigenvalue weighted by molar-refractivity contribution is -0.137. The molecule has 0 aromatic heterocycles. The van der Waals surface area contributed by atoms with Crippen LogP contribution >= 0.6 is 0 Å². The van der Waals surface area contributed by atoms with E-state index in [4.69, 9.17) is 14.7 Å². The Morgan fingerprint density at radius 1 is 1.39 bits per heavy atom. The summed E-state index contributed by atoms with van der Waals surface area (Å²) >= 11 is 0. The van der Waals surface area contributed by atoms with Gasteiger partial charge in [-0.2, -0.15) is 18.4 Å². The zero-order valence-electron chi connectivity index (χ0n) is 9.91. The van der Waals surface area contributed by atoms with Gasteiger partial charge in [0.15, 0.2) is 0 Å². The third-order valence-corrected chi connectivity index (χ3v) is 2.16. The van der Waals surface area contributed by atoms with E-state index >= 15 is 0 Å². The molecule has 0 bridgehead atoms. The Balaban J connectivity index is 3.01. The second kappa shape index (κ2) is 5.74.